The van der Waals surface area contributed by atoms with E-state index < -0.39 is 58.6 Å². The lowest BCUT2D eigenvalue weighted by Gasteiger charge is -2.35. The third-order valence-electron chi connectivity index (χ3n) is 10.5. The van der Waals surface area contributed by atoms with Gasteiger partial charge in [-0.1, -0.05) is 57.9 Å². The Morgan fingerprint density at radius 3 is 2.40 bits per heavy atom. The van der Waals surface area contributed by atoms with Crippen LogP contribution < -0.4 is 26.7 Å². The molecule has 13 nitrogen and oxygen atoms in total. The third-order valence-corrected chi connectivity index (χ3v) is 12.2. The summed E-state index contributed by atoms with van der Waals surface area (Å²) in [5, 5.41) is 22.1. The number of aromatic nitrogens is 1. The summed E-state index contributed by atoms with van der Waals surface area (Å²) in [4.78, 5) is 65.2. The van der Waals surface area contributed by atoms with Crippen LogP contribution >= 0.6 is 33.9 Å². The Bertz CT molecular complexity index is 2210. The first-order chi connectivity index (χ1) is 30.0. The van der Waals surface area contributed by atoms with Gasteiger partial charge in [0.25, 0.3) is 5.91 Å². The Kier molecular flexibility index (Phi) is 18.3. The number of hydrogen-bond acceptors (Lipinski definition) is 10. The van der Waals surface area contributed by atoms with Gasteiger partial charge in [-0.15, -0.1) is 11.3 Å². The van der Waals surface area contributed by atoms with Crippen molar-refractivity contribution >= 4 is 68.9 Å². The Morgan fingerprint density at radius 2 is 1.70 bits per heavy atom. The van der Waals surface area contributed by atoms with E-state index in [0.29, 0.717) is 29.5 Å². The molecule has 1 saturated heterocycles. The van der Waals surface area contributed by atoms with Gasteiger partial charge in [0.05, 0.1) is 45.7 Å². The number of anilines is 2. The Hall–Kier alpha value is -4.63. The number of hydrogen-bond donors (Lipinski definition) is 6. The molecule has 3 aromatic carbocycles. The first kappa shape index (κ1) is 49.4. The van der Waals surface area contributed by atoms with Crippen molar-refractivity contribution in [2.45, 2.75) is 97.4 Å². The van der Waals surface area contributed by atoms with Gasteiger partial charge in [-0.05, 0) is 109 Å². The molecule has 1 aliphatic rings. The van der Waals surface area contributed by atoms with Gasteiger partial charge in [-0.25, -0.2) is 23.6 Å². The highest BCUT2D eigenvalue weighted by Crippen LogP contribution is 2.30. The van der Waals surface area contributed by atoms with Gasteiger partial charge in [0.1, 0.15) is 17.9 Å². The maximum Gasteiger partial charge on any atom is 0.277 e. The number of aliphatic hydroxyl groups excluding tert-OH is 1. The molecule has 1 fully saturated rings. The predicted octanol–water partition coefficient (Wildman–Crippen LogP) is 7.28. The number of unbranched alkanes of at least 4 members (excludes halogenated alkanes) is 3. The number of likely N-dealkylation sites (tertiary alicyclic amines) is 1. The van der Waals surface area contributed by atoms with Gasteiger partial charge < -0.3 is 31.3 Å². The fourth-order valence-electron chi connectivity index (χ4n) is 7.06. The van der Waals surface area contributed by atoms with Crippen molar-refractivity contribution in [2.75, 3.05) is 31.6 Å². The van der Waals surface area contributed by atoms with Crippen LogP contribution in [0, 0.1) is 33.4 Å². The van der Waals surface area contributed by atoms with Crippen LogP contribution in [0.1, 0.15) is 87.3 Å². The number of nitrogens with zero attached hydrogens (tertiary/aromatic N) is 2. The maximum absolute atomic E-state index is 14.7. The SMILES string of the molecule is Cc1ncsc1-c1ccc(CNC(=O)C2CC(O)CN2C(=O)C(NC(=O)CCCCCCNCCCONC(=O)c2ccc(F)c(F)c2Nc2ccc(I)cc2F)C(C)(C)C)cc1. The van der Waals surface area contributed by atoms with Gasteiger partial charge in [0.15, 0.2) is 11.6 Å². The molecule has 0 spiro atoms. The highest BCUT2D eigenvalue weighted by molar-refractivity contribution is 14.1. The van der Waals surface area contributed by atoms with Crippen LogP contribution in [0.4, 0.5) is 24.5 Å². The van der Waals surface area contributed by atoms with Crippen molar-refractivity contribution < 1.29 is 42.3 Å². The minimum absolute atomic E-state index is 0.00227. The molecule has 0 bridgehead atoms. The van der Waals surface area contributed by atoms with Crippen LogP contribution in [0.5, 0.6) is 0 Å². The van der Waals surface area contributed by atoms with Crippen LogP contribution in [0.25, 0.3) is 10.4 Å². The monoisotopic (exact) mass is 1010 g/mol. The van der Waals surface area contributed by atoms with Crippen LogP contribution in [0.2, 0.25) is 0 Å². The van der Waals surface area contributed by atoms with Gasteiger partial charge >= 0.3 is 0 Å². The molecule has 6 N–H and O–H groups in total. The van der Waals surface area contributed by atoms with E-state index >= 15 is 0 Å². The third kappa shape index (κ3) is 14.2. The smallest absolute Gasteiger partial charge is 0.277 e. The molecule has 3 atom stereocenters. The molecule has 0 aliphatic carbocycles. The summed E-state index contributed by atoms with van der Waals surface area (Å²) in [6.45, 7) is 9.21. The average molecular weight is 1010 g/mol. The van der Waals surface area contributed by atoms with E-state index in [1.807, 2.05) is 74.6 Å². The molecule has 1 aromatic heterocycles. The number of β-amino-alcohol motifs (C(OH)–C–C–N with tert-alkyl or cyclic N) is 1. The quantitative estimate of drug-likeness (QED) is 0.0285. The average Bonchev–Trinajstić information content (AvgIpc) is 3.86. The lowest BCUT2D eigenvalue weighted by molar-refractivity contribution is -0.144. The summed E-state index contributed by atoms with van der Waals surface area (Å²) in [7, 11) is 0. The van der Waals surface area contributed by atoms with E-state index in [2.05, 4.69) is 31.7 Å². The number of thiazole rings is 1. The molecule has 0 saturated carbocycles. The van der Waals surface area contributed by atoms with E-state index in [1.165, 1.54) is 17.0 Å². The lowest BCUT2D eigenvalue weighted by Crippen LogP contribution is -2.57. The molecule has 0 radical (unpaired) electrons. The molecule has 4 amide bonds. The van der Waals surface area contributed by atoms with Crippen molar-refractivity contribution in [3.63, 3.8) is 0 Å². The molecular formula is C45H55F3IN7O6S. The van der Waals surface area contributed by atoms with Crippen molar-refractivity contribution in [1.29, 1.82) is 0 Å². The molecule has 340 valence electrons. The van der Waals surface area contributed by atoms with Crippen molar-refractivity contribution in [2.24, 2.45) is 5.41 Å². The van der Waals surface area contributed by atoms with Crippen LogP contribution in [0.15, 0.2) is 60.1 Å². The highest BCUT2D eigenvalue weighted by atomic mass is 127. The molecule has 1 aliphatic heterocycles. The van der Waals surface area contributed by atoms with E-state index in [1.54, 1.807) is 22.9 Å². The minimum Gasteiger partial charge on any atom is -0.391 e. The van der Waals surface area contributed by atoms with Gasteiger partial charge in [0.2, 0.25) is 17.7 Å². The fraction of sp³-hybridized carbons (Fsp3) is 0.444. The standard InChI is InChI=1S/C45H55F3IN7O6S/c1-27-40(63-26-52-27)29-13-11-28(12-14-29)24-51-43(60)36-23-31(57)25-56(36)44(61)41(45(2,3)4)54-37(58)10-7-5-6-8-19-50-20-9-21-62-55-42(59)32-16-17-33(46)38(48)39(32)53-35-18-15-30(49)22-34(35)47/h11-18,22,26,31,36,41,50,53,57H,5-10,19-21,23-25H2,1-4H3,(H,51,60)(H,54,58)(H,55,59). The van der Waals surface area contributed by atoms with Crippen molar-refractivity contribution in [3.05, 3.63) is 98.0 Å². The predicted molar refractivity (Wildman–Crippen MR) is 244 cm³/mol. The lowest BCUT2D eigenvalue weighted by atomic mass is 9.85. The summed E-state index contributed by atoms with van der Waals surface area (Å²) in [5.41, 5.74) is 5.36. The van der Waals surface area contributed by atoms with Crippen LogP contribution in [-0.4, -0.2) is 83.0 Å². The summed E-state index contributed by atoms with van der Waals surface area (Å²) in [5.74, 6) is -5.09. The number of aliphatic hydroxyl groups is 1. The Morgan fingerprint density at radius 1 is 0.968 bits per heavy atom. The molecule has 5 rings (SSSR count). The van der Waals surface area contributed by atoms with Crippen molar-refractivity contribution in [1.82, 2.24) is 31.3 Å². The first-order valence-corrected chi connectivity index (χ1v) is 22.9. The van der Waals surface area contributed by atoms with E-state index in [0.717, 1.165) is 53.1 Å². The molecule has 3 unspecified atom stereocenters. The number of benzene rings is 3. The largest absolute Gasteiger partial charge is 0.391 e. The Balaban J connectivity index is 0.962. The van der Waals surface area contributed by atoms with Crippen LogP contribution in [-0.2, 0) is 25.8 Å². The van der Waals surface area contributed by atoms with E-state index in [4.69, 9.17) is 4.84 Å². The first-order valence-electron chi connectivity index (χ1n) is 20.9. The zero-order valence-electron chi connectivity index (χ0n) is 35.8. The van der Waals surface area contributed by atoms with Gasteiger partial charge in [0, 0.05) is 29.5 Å². The second-order valence-corrected chi connectivity index (χ2v) is 18.6. The summed E-state index contributed by atoms with van der Waals surface area (Å²) < 4.78 is 43.7. The zero-order chi connectivity index (χ0) is 45.7. The number of rotatable bonds is 21. The van der Waals surface area contributed by atoms with Gasteiger partial charge in [-0.2, -0.15) is 0 Å². The highest BCUT2D eigenvalue weighted by Gasteiger charge is 2.44. The molecule has 2 heterocycles. The number of carbonyl (C=O) groups is 4. The normalized spacial score (nSPS) is 15.5. The minimum atomic E-state index is -1.33. The van der Waals surface area contributed by atoms with Gasteiger partial charge in [-0.3, -0.25) is 24.0 Å². The summed E-state index contributed by atoms with van der Waals surface area (Å²) >= 11 is 3.48. The van der Waals surface area contributed by atoms with E-state index in [9.17, 15) is 37.5 Å². The number of amides is 4. The summed E-state index contributed by atoms with van der Waals surface area (Å²) in [6, 6.07) is 12.1. The number of nitrogens with one attached hydrogen (secondary N) is 5. The van der Waals surface area contributed by atoms with Crippen molar-refractivity contribution in [3.8, 4) is 10.4 Å². The summed E-state index contributed by atoms with van der Waals surface area (Å²) in [6.07, 6.45) is 3.15. The zero-order valence-corrected chi connectivity index (χ0v) is 38.8. The Labute approximate surface area is 383 Å². The fourth-order valence-corrected chi connectivity index (χ4v) is 8.32. The molecule has 18 heteroatoms. The number of halogens is 4. The molecule has 4 aromatic rings. The number of hydroxylamine groups is 1. The second-order valence-electron chi connectivity index (χ2n) is 16.5. The van der Waals surface area contributed by atoms with Crippen LogP contribution in [0.3, 0.4) is 0 Å². The molecule has 63 heavy (non-hydrogen) atoms. The number of carbonyl (C=O) groups excluding carboxylic acids is 4. The number of aryl methyl sites for hydroxylation is 1. The second kappa shape index (κ2) is 23.3. The maximum atomic E-state index is 14.7. The van der Waals surface area contributed by atoms with E-state index in [-0.39, 0.29) is 55.6 Å². The topological polar surface area (TPSA) is 174 Å². The molecular weight excluding hydrogens is 951 g/mol.